The maximum Gasteiger partial charge on any atom is 0.267 e. The van der Waals surface area contributed by atoms with Crippen molar-refractivity contribution in [2.75, 3.05) is 20.7 Å². The van der Waals surface area contributed by atoms with Gasteiger partial charge >= 0.3 is 0 Å². The third kappa shape index (κ3) is 5.51. The molecule has 0 aliphatic heterocycles. The minimum absolute atomic E-state index is 0.108. The standard InChI is InChI=1S/C28H30N4O3/c1-31-15-7-10-26(31)27(33)30-14-13-22(16-20-8-5-4-6-9-20)32(2)28(34)25-19-29-18-21-17-23(35-3)11-12-24(21)25/h4-12,15,17-19,22H,13-14,16H2,1-3H3,(H,30,33)/t22-/m1/s1. The van der Waals surface area contributed by atoms with Gasteiger partial charge in [0.05, 0.1) is 12.7 Å². The first kappa shape index (κ1) is 24.0. The Morgan fingerprint density at radius 3 is 2.60 bits per heavy atom. The summed E-state index contributed by atoms with van der Waals surface area (Å²) in [5.41, 5.74) is 2.27. The molecule has 0 saturated carbocycles. The molecule has 4 rings (SSSR count). The van der Waals surface area contributed by atoms with Crippen LogP contribution in [-0.4, -0.2) is 53.0 Å². The van der Waals surface area contributed by atoms with Gasteiger partial charge in [-0.3, -0.25) is 14.6 Å². The lowest BCUT2D eigenvalue weighted by atomic mass is 10.00. The van der Waals surface area contributed by atoms with Crippen LogP contribution in [0.3, 0.4) is 0 Å². The Kier molecular flexibility index (Phi) is 7.45. The number of hydrogen-bond donors (Lipinski definition) is 1. The summed E-state index contributed by atoms with van der Waals surface area (Å²) in [4.78, 5) is 32.3. The van der Waals surface area contributed by atoms with Crippen LogP contribution in [0, 0.1) is 0 Å². The third-order valence-corrected chi connectivity index (χ3v) is 6.32. The molecule has 180 valence electrons. The topological polar surface area (TPSA) is 76.5 Å². The minimum Gasteiger partial charge on any atom is -0.497 e. The first-order valence-corrected chi connectivity index (χ1v) is 11.6. The van der Waals surface area contributed by atoms with Crippen molar-refractivity contribution >= 4 is 22.6 Å². The van der Waals surface area contributed by atoms with Crippen molar-refractivity contribution in [3.8, 4) is 5.75 Å². The average Bonchev–Trinajstić information content (AvgIpc) is 3.33. The molecule has 0 aliphatic rings. The van der Waals surface area contributed by atoms with E-state index >= 15 is 0 Å². The SMILES string of the molecule is COc1ccc2c(C(=O)N(C)[C@H](CCNC(=O)c3cccn3C)Cc3ccccc3)cncc2c1. The van der Waals surface area contributed by atoms with Crippen LogP contribution < -0.4 is 10.1 Å². The predicted molar refractivity (Wildman–Crippen MR) is 137 cm³/mol. The summed E-state index contributed by atoms with van der Waals surface area (Å²) in [6, 6.07) is 19.2. The molecular formula is C28H30N4O3. The molecule has 1 N–H and O–H groups in total. The van der Waals surface area contributed by atoms with Crippen LogP contribution in [0.2, 0.25) is 0 Å². The molecule has 7 nitrogen and oxygen atoms in total. The molecule has 35 heavy (non-hydrogen) atoms. The van der Waals surface area contributed by atoms with Gasteiger partial charge in [0.2, 0.25) is 0 Å². The molecule has 2 aromatic carbocycles. The number of benzene rings is 2. The number of ether oxygens (including phenoxy) is 1. The van der Waals surface area contributed by atoms with Gasteiger partial charge in [-0.1, -0.05) is 30.3 Å². The first-order valence-electron chi connectivity index (χ1n) is 11.6. The molecule has 0 spiro atoms. The fourth-order valence-corrected chi connectivity index (χ4v) is 4.27. The van der Waals surface area contributed by atoms with E-state index in [1.807, 2.05) is 62.8 Å². The second-order valence-corrected chi connectivity index (χ2v) is 8.58. The van der Waals surface area contributed by atoms with E-state index in [2.05, 4.69) is 22.4 Å². The number of fused-ring (bicyclic) bond motifs is 1. The van der Waals surface area contributed by atoms with Gasteiger partial charge < -0.3 is 19.5 Å². The molecule has 4 aromatic rings. The monoisotopic (exact) mass is 470 g/mol. The highest BCUT2D eigenvalue weighted by molar-refractivity contribution is 6.06. The highest BCUT2D eigenvalue weighted by Crippen LogP contribution is 2.24. The van der Waals surface area contributed by atoms with Gasteiger partial charge in [-0.2, -0.15) is 0 Å². The summed E-state index contributed by atoms with van der Waals surface area (Å²) in [5, 5.41) is 4.67. The highest BCUT2D eigenvalue weighted by atomic mass is 16.5. The van der Waals surface area contributed by atoms with E-state index in [9.17, 15) is 9.59 Å². The maximum atomic E-state index is 13.6. The lowest BCUT2D eigenvalue weighted by molar-refractivity contribution is 0.0724. The van der Waals surface area contributed by atoms with Gasteiger partial charge in [0, 0.05) is 50.7 Å². The van der Waals surface area contributed by atoms with E-state index in [4.69, 9.17) is 4.74 Å². The van der Waals surface area contributed by atoms with Crippen molar-refractivity contribution in [1.29, 1.82) is 0 Å². The van der Waals surface area contributed by atoms with Gasteiger partial charge in [0.15, 0.2) is 0 Å². The Labute approximate surface area is 205 Å². The summed E-state index contributed by atoms with van der Waals surface area (Å²) < 4.78 is 7.10. The summed E-state index contributed by atoms with van der Waals surface area (Å²) in [6.07, 6.45) is 6.47. The number of carbonyl (C=O) groups excluding carboxylic acids is 2. The third-order valence-electron chi connectivity index (χ3n) is 6.32. The second kappa shape index (κ2) is 10.9. The van der Waals surface area contributed by atoms with Gasteiger partial charge in [-0.15, -0.1) is 0 Å². The van der Waals surface area contributed by atoms with Crippen molar-refractivity contribution in [3.63, 3.8) is 0 Å². The lowest BCUT2D eigenvalue weighted by Crippen LogP contribution is -2.41. The number of nitrogens with one attached hydrogen (secondary N) is 1. The zero-order valence-electron chi connectivity index (χ0n) is 20.3. The smallest absolute Gasteiger partial charge is 0.267 e. The van der Waals surface area contributed by atoms with E-state index in [1.54, 1.807) is 35.0 Å². The van der Waals surface area contributed by atoms with Gasteiger partial charge in [0.25, 0.3) is 11.8 Å². The number of amides is 2. The lowest BCUT2D eigenvalue weighted by Gasteiger charge is -2.29. The molecule has 2 amide bonds. The van der Waals surface area contributed by atoms with Crippen molar-refractivity contribution in [1.82, 2.24) is 19.8 Å². The van der Waals surface area contributed by atoms with Gasteiger partial charge in [-0.25, -0.2) is 0 Å². The Hall–Kier alpha value is -4.13. The number of likely N-dealkylation sites (N-methyl/N-ethyl adjacent to an activating group) is 1. The molecule has 0 saturated heterocycles. The van der Waals surface area contributed by atoms with Crippen LogP contribution in [0.15, 0.2) is 79.3 Å². The average molecular weight is 471 g/mol. The fourth-order valence-electron chi connectivity index (χ4n) is 4.27. The molecule has 2 heterocycles. The second-order valence-electron chi connectivity index (χ2n) is 8.58. The predicted octanol–water partition coefficient (Wildman–Crippen LogP) is 4.09. The van der Waals surface area contributed by atoms with Crippen LogP contribution >= 0.6 is 0 Å². The van der Waals surface area contributed by atoms with Crippen molar-refractivity contribution in [2.24, 2.45) is 7.05 Å². The van der Waals surface area contributed by atoms with Gasteiger partial charge in [-0.05, 0) is 54.1 Å². The molecule has 7 heteroatoms. The number of aromatic nitrogens is 2. The molecule has 0 radical (unpaired) electrons. The van der Waals surface area contributed by atoms with Crippen molar-refractivity contribution in [3.05, 3.63) is 96.1 Å². The molecule has 0 aliphatic carbocycles. The van der Waals surface area contributed by atoms with Crippen LogP contribution in [0.4, 0.5) is 0 Å². The fraction of sp³-hybridized carbons (Fsp3) is 0.250. The highest BCUT2D eigenvalue weighted by Gasteiger charge is 2.24. The zero-order chi connectivity index (χ0) is 24.8. The summed E-state index contributed by atoms with van der Waals surface area (Å²) in [6.45, 7) is 0.449. The number of aryl methyl sites for hydroxylation is 1. The van der Waals surface area contributed by atoms with Crippen LogP contribution in [-0.2, 0) is 13.5 Å². The quantitative estimate of drug-likeness (QED) is 0.400. The van der Waals surface area contributed by atoms with E-state index in [0.29, 0.717) is 36.4 Å². The molecule has 0 bridgehead atoms. The summed E-state index contributed by atoms with van der Waals surface area (Å²) in [5.74, 6) is 0.480. The molecule has 2 aromatic heterocycles. The maximum absolute atomic E-state index is 13.6. The molecule has 0 unspecified atom stereocenters. The van der Waals surface area contributed by atoms with Crippen LogP contribution in [0.1, 0.15) is 32.8 Å². The van der Waals surface area contributed by atoms with Crippen molar-refractivity contribution < 1.29 is 14.3 Å². The van der Waals surface area contributed by atoms with E-state index in [1.165, 1.54) is 0 Å². The van der Waals surface area contributed by atoms with Crippen LogP contribution in [0.5, 0.6) is 5.75 Å². The number of pyridine rings is 1. The summed E-state index contributed by atoms with van der Waals surface area (Å²) in [7, 11) is 5.27. The first-order chi connectivity index (χ1) is 17.0. The van der Waals surface area contributed by atoms with Crippen molar-refractivity contribution in [2.45, 2.75) is 18.9 Å². The van der Waals surface area contributed by atoms with E-state index in [-0.39, 0.29) is 17.9 Å². The Bertz CT molecular complexity index is 1320. The minimum atomic E-state index is -0.128. The number of carbonyl (C=O) groups is 2. The van der Waals surface area contributed by atoms with Gasteiger partial charge in [0.1, 0.15) is 11.4 Å². The number of rotatable bonds is 9. The number of nitrogens with zero attached hydrogens (tertiary/aromatic N) is 3. The Morgan fingerprint density at radius 1 is 1.09 bits per heavy atom. The molecular weight excluding hydrogens is 440 g/mol. The van der Waals surface area contributed by atoms with E-state index in [0.717, 1.165) is 16.3 Å². The number of hydrogen-bond acceptors (Lipinski definition) is 4. The van der Waals surface area contributed by atoms with E-state index < -0.39 is 0 Å². The van der Waals surface area contributed by atoms with Crippen LogP contribution in [0.25, 0.3) is 10.8 Å². The largest absolute Gasteiger partial charge is 0.497 e. The number of methoxy groups -OCH3 is 1. The zero-order valence-corrected chi connectivity index (χ0v) is 20.3. The molecule has 0 fully saturated rings. The Morgan fingerprint density at radius 2 is 1.89 bits per heavy atom. The summed E-state index contributed by atoms with van der Waals surface area (Å²) >= 11 is 0. The Balaban J connectivity index is 1.54. The normalized spacial score (nSPS) is 11.7. The molecule has 1 atom stereocenters.